The molecule has 13 heavy (non-hydrogen) atoms. The molecule has 0 aliphatic carbocycles. The zero-order valence-electron chi connectivity index (χ0n) is 7.46. The third-order valence-corrected chi connectivity index (χ3v) is 2.14. The molecule has 0 aliphatic heterocycles. The maximum Gasteiger partial charge on any atom is 0.341 e. The number of carbonyl (C=O) groups is 1. The van der Waals surface area contributed by atoms with E-state index in [9.17, 15) is 4.79 Å². The molecule has 0 unspecified atom stereocenters. The Bertz CT molecular complexity index is 359. The zero-order valence-corrected chi connectivity index (χ0v) is 8.27. The second kappa shape index (κ2) is 4.63. The first kappa shape index (κ1) is 9.75. The first-order valence-corrected chi connectivity index (χ1v) is 4.57. The normalized spacial score (nSPS) is 8.77. The monoisotopic (exact) mass is 195 g/mol. The maximum absolute atomic E-state index is 11.3. The van der Waals surface area contributed by atoms with Crippen LogP contribution in [0.3, 0.4) is 0 Å². The summed E-state index contributed by atoms with van der Waals surface area (Å²) in [6, 6.07) is 0. The average Bonchev–Trinajstić information content (AvgIpc) is 2.52. The lowest BCUT2D eigenvalue weighted by Gasteiger charge is -1.97. The number of nitrogens with zero attached hydrogens (tertiary/aromatic N) is 1. The quantitative estimate of drug-likeness (QED) is 0.532. The van der Waals surface area contributed by atoms with Gasteiger partial charge in [-0.25, -0.2) is 4.79 Å². The van der Waals surface area contributed by atoms with Gasteiger partial charge in [-0.2, -0.15) is 4.37 Å². The van der Waals surface area contributed by atoms with Gasteiger partial charge in [0.25, 0.3) is 0 Å². The van der Waals surface area contributed by atoms with E-state index in [1.54, 1.807) is 19.2 Å². The Balaban J connectivity index is 2.57. The van der Waals surface area contributed by atoms with Crippen LogP contribution in [0.2, 0.25) is 0 Å². The number of ether oxygens (including phenoxy) is 1. The summed E-state index contributed by atoms with van der Waals surface area (Å²) in [4.78, 5) is 11.3. The summed E-state index contributed by atoms with van der Waals surface area (Å²) in [6.07, 6.45) is 0. The SMILES string of the molecule is CC#CCOC(=O)c1csnc1C. The molecule has 0 fully saturated rings. The van der Waals surface area contributed by atoms with Crippen molar-refractivity contribution in [2.24, 2.45) is 0 Å². The van der Waals surface area contributed by atoms with Crippen LogP contribution in [0.1, 0.15) is 23.0 Å². The van der Waals surface area contributed by atoms with Crippen LogP contribution in [0.25, 0.3) is 0 Å². The molecule has 68 valence electrons. The van der Waals surface area contributed by atoms with Crippen molar-refractivity contribution in [3.8, 4) is 11.8 Å². The lowest BCUT2D eigenvalue weighted by Crippen LogP contribution is -2.05. The number of rotatable bonds is 2. The fraction of sp³-hybridized carbons (Fsp3) is 0.333. The van der Waals surface area contributed by atoms with Crippen LogP contribution in [0.5, 0.6) is 0 Å². The van der Waals surface area contributed by atoms with Gasteiger partial charge in [0.1, 0.15) is 0 Å². The molecule has 0 aromatic carbocycles. The van der Waals surface area contributed by atoms with E-state index in [1.165, 1.54) is 11.5 Å². The summed E-state index contributed by atoms with van der Waals surface area (Å²) in [6.45, 7) is 3.62. The van der Waals surface area contributed by atoms with Crippen LogP contribution in [0, 0.1) is 18.8 Å². The number of aromatic nitrogens is 1. The molecule has 0 radical (unpaired) electrons. The Labute approximate surface area is 80.9 Å². The summed E-state index contributed by atoms with van der Waals surface area (Å²) < 4.78 is 8.83. The minimum absolute atomic E-state index is 0.143. The van der Waals surface area contributed by atoms with E-state index in [2.05, 4.69) is 16.2 Å². The average molecular weight is 195 g/mol. The van der Waals surface area contributed by atoms with Crippen LogP contribution in [-0.2, 0) is 4.74 Å². The van der Waals surface area contributed by atoms with Crippen molar-refractivity contribution in [1.82, 2.24) is 4.37 Å². The highest BCUT2D eigenvalue weighted by Gasteiger charge is 2.11. The van der Waals surface area contributed by atoms with E-state index >= 15 is 0 Å². The molecule has 0 saturated carbocycles. The van der Waals surface area contributed by atoms with E-state index in [0.717, 1.165) is 0 Å². The summed E-state index contributed by atoms with van der Waals surface area (Å²) in [5.41, 5.74) is 1.24. The highest BCUT2D eigenvalue weighted by atomic mass is 32.1. The standard InChI is InChI=1S/C9H9NO2S/c1-3-4-5-12-9(11)8-6-13-10-7(8)2/h6H,5H2,1-2H3. The number of aryl methyl sites for hydroxylation is 1. The number of carbonyl (C=O) groups excluding carboxylic acids is 1. The Kier molecular flexibility index (Phi) is 3.47. The van der Waals surface area contributed by atoms with E-state index < -0.39 is 0 Å². The van der Waals surface area contributed by atoms with Crippen molar-refractivity contribution in [2.45, 2.75) is 13.8 Å². The largest absolute Gasteiger partial charge is 0.449 e. The van der Waals surface area contributed by atoms with Crippen LogP contribution in [0.15, 0.2) is 5.38 Å². The molecule has 0 amide bonds. The Hall–Kier alpha value is -1.34. The molecule has 4 heteroatoms. The van der Waals surface area contributed by atoms with Gasteiger partial charge in [-0.1, -0.05) is 5.92 Å². The van der Waals surface area contributed by atoms with Crippen LogP contribution < -0.4 is 0 Å². The molecule has 0 aliphatic rings. The van der Waals surface area contributed by atoms with E-state index in [4.69, 9.17) is 4.74 Å². The predicted octanol–water partition coefficient (Wildman–Crippen LogP) is 1.63. The van der Waals surface area contributed by atoms with Crippen molar-refractivity contribution in [3.05, 3.63) is 16.6 Å². The van der Waals surface area contributed by atoms with Gasteiger partial charge in [0.2, 0.25) is 0 Å². The minimum atomic E-state index is -0.353. The van der Waals surface area contributed by atoms with Gasteiger partial charge < -0.3 is 4.74 Å². The van der Waals surface area contributed by atoms with E-state index in [1.807, 2.05) is 0 Å². The van der Waals surface area contributed by atoms with E-state index in [0.29, 0.717) is 11.3 Å². The van der Waals surface area contributed by atoms with Gasteiger partial charge in [0, 0.05) is 5.38 Å². The molecule has 0 bridgehead atoms. The summed E-state index contributed by atoms with van der Waals surface area (Å²) >= 11 is 1.25. The van der Waals surface area contributed by atoms with Crippen LogP contribution >= 0.6 is 11.5 Å². The third kappa shape index (κ3) is 2.56. The molecular weight excluding hydrogens is 186 g/mol. The van der Waals surface area contributed by atoms with Gasteiger partial charge >= 0.3 is 5.97 Å². The smallest absolute Gasteiger partial charge is 0.341 e. The second-order valence-electron chi connectivity index (χ2n) is 2.32. The van der Waals surface area contributed by atoms with Gasteiger partial charge in [0.15, 0.2) is 6.61 Å². The summed E-state index contributed by atoms with van der Waals surface area (Å²) in [7, 11) is 0. The minimum Gasteiger partial charge on any atom is -0.449 e. The van der Waals surface area contributed by atoms with Crippen molar-refractivity contribution in [1.29, 1.82) is 0 Å². The first-order valence-electron chi connectivity index (χ1n) is 3.73. The van der Waals surface area contributed by atoms with Crippen LogP contribution in [0.4, 0.5) is 0 Å². The molecule has 1 rings (SSSR count). The van der Waals surface area contributed by atoms with Gasteiger partial charge in [-0.15, -0.1) is 5.92 Å². The molecule has 3 nitrogen and oxygen atoms in total. The van der Waals surface area contributed by atoms with Gasteiger partial charge in [-0.3, -0.25) is 0 Å². The Morgan fingerprint density at radius 1 is 1.77 bits per heavy atom. The zero-order chi connectivity index (χ0) is 9.68. The number of hydrogen-bond donors (Lipinski definition) is 0. The summed E-state index contributed by atoms with van der Waals surface area (Å²) in [5.74, 6) is 4.94. The molecule has 1 aromatic heterocycles. The van der Waals surface area contributed by atoms with Crippen molar-refractivity contribution in [3.63, 3.8) is 0 Å². The first-order chi connectivity index (χ1) is 6.25. The van der Waals surface area contributed by atoms with E-state index in [-0.39, 0.29) is 12.6 Å². The lowest BCUT2D eigenvalue weighted by atomic mass is 10.3. The predicted molar refractivity (Wildman–Crippen MR) is 50.6 cm³/mol. The lowest BCUT2D eigenvalue weighted by molar-refractivity contribution is 0.0556. The van der Waals surface area contributed by atoms with Crippen LogP contribution in [-0.4, -0.2) is 16.9 Å². The molecule has 0 spiro atoms. The number of hydrogen-bond acceptors (Lipinski definition) is 4. The summed E-state index contributed by atoms with van der Waals surface area (Å²) in [5, 5.41) is 1.68. The van der Waals surface area contributed by atoms with Gasteiger partial charge in [-0.05, 0) is 25.4 Å². The Morgan fingerprint density at radius 2 is 2.54 bits per heavy atom. The molecule has 1 heterocycles. The fourth-order valence-corrected chi connectivity index (χ4v) is 1.42. The highest BCUT2D eigenvalue weighted by Crippen LogP contribution is 2.10. The maximum atomic E-state index is 11.3. The molecule has 0 atom stereocenters. The van der Waals surface area contributed by atoms with Crippen molar-refractivity contribution in [2.75, 3.05) is 6.61 Å². The highest BCUT2D eigenvalue weighted by molar-refractivity contribution is 7.03. The molecule has 1 aromatic rings. The molecule has 0 N–H and O–H groups in total. The second-order valence-corrected chi connectivity index (χ2v) is 2.95. The topological polar surface area (TPSA) is 39.2 Å². The van der Waals surface area contributed by atoms with Crippen molar-refractivity contribution < 1.29 is 9.53 Å². The molecule has 0 saturated heterocycles. The van der Waals surface area contributed by atoms with Gasteiger partial charge in [0.05, 0.1) is 11.3 Å². The Morgan fingerprint density at radius 3 is 3.08 bits per heavy atom. The number of esters is 1. The fourth-order valence-electron chi connectivity index (χ4n) is 0.740. The van der Waals surface area contributed by atoms with Crippen molar-refractivity contribution >= 4 is 17.5 Å². The molecular formula is C9H9NO2S. The third-order valence-electron chi connectivity index (χ3n) is 1.42.